The molecular weight excluding hydrogens is 585 g/mol. The summed E-state index contributed by atoms with van der Waals surface area (Å²) in [6.45, 7) is 18.4. The second-order valence-electron chi connectivity index (χ2n) is 8.66. The van der Waals surface area contributed by atoms with E-state index in [0.29, 0.717) is 17.5 Å². The smallest absolute Gasteiger partial charge is 0.187 e. The molecule has 0 saturated heterocycles. The van der Waals surface area contributed by atoms with E-state index in [1.165, 1.54) is 11.1 Å². The molecule has 1 aromatic heterocycles. The Labute approximate surface area is 209 Å². The van der Waals surface area contributed by atoms with Crippen molar-refractivity contribution >= 4 is 5.69 Å². The molecule has 0 bridgehead atoms. The monoisotopic (exact) mass is 612 g/mol. The van der Waals surface area contributed by atoms with Crippen LogP contribution >= 0.6 is 0 Å². The summed E-state index contributed by atoms with van der Waals surface area (Å²) in [5, 5.41) is 9.31. The second-order valence-corrected chi connectivity index (χ2v) is 8.66. The molecule has 0 spiro atoms. The zero-order chi connectivity index (χ0) is 22.8. The van der Waals surface area contributed by atoms with Gasteiger partial charge in [0.1, 0.15) is 0 Å². The maximum Gasteiger partial charge on any atom is 0.187 e. The van der Waals surface area contributed by atoms with E-state index in [0.717, 1.165) is 34.0 Å². The fourth-order valence-electron chi connectivity index (χ4n) is 4.07. The fraction of sp³-hybridized carbons (Fsp3) is 0.250. The van der Waals surface area contributed by atoms with Crippen LogP contribution in [0.4, 0.5) is 5.69 Å². The molecule has 4 rings (SSSR count). The van der Waals surface area contributed by atoms with Crippen molar-refractivity contribution in [3.8, 4) is 28.5 Å². The predicted molar refractivity (Wildman–Crippen MR) is 130 cm³/mol. The van der Waals surface area contributed by atoms with Gasteiger partial charge in [-0.1, -0.05) is 58.0 Å². The van der Waals surface area contributed by atoms with Gasteiger partial charge in [-0.05, 0) is 41.5 Å². The summed E-state index contributed by atoms with van der Waals surface area (Å²) in [5.41, 5.74) is 7.07. The second kappa shape index (κ2) is 10.3. The predicted octanol–water partition coefficient (Wildman–Crippen LogP) is 7.51. The minimum atomic E-state index is 0. The van der Waals surface area contributed by atoms with Crippen molar-refractivity contribution < 1.29 is 20.1 Å². The fourth-order valence-corrected chi connectivity index (χ4v) is 4.07. The molecule has 169 valence electrons. The van der Waals surface area contributed by atoms with Gasteiger partial charge in [0.2, 0.25) is 0 Å². The molecule has 1 heterocycles. The first-order valence-electron chi connectivity index (χ1n) is 11.0. The number of benzene rings is 3. The Hall–Kier alpha value is -3.06. The van der Waals surface area contributed by atoms with Crippen molar-refractivity contribution in [2.75, 3.05) is 0 Å². The van der Waals surface area contributed by atoms with Crippen LogP contribution in [0, 0.1) is 19.6 Å². The summed E-state index contributed by atoms with van der Waals surface area (Å²) in [6.07, 6.45) is 0. The number of nitrogens with zero attached hydrogens (tertiary/aromatic N) is 4. The number of para-hydroxylation sites is 1. The van der Waals surface area contributed by atoms with Crippen LogP contribution in [-0.2, 0) is 20.1 Å². The maximum atomic E-state index is 7.49. The molecule has 0 aliphatic rings. The first-order chi connectivity index (χ1) is 15.4. The molecule has 5 heteroatoms. The van der Waals surface area contributed by atoms with E-state index >= 15 is 0 Å². The quantitative estimate of drug-likeness (QED) is 0.219. The Bertz CT molecular complexity index is 1270. The van der Waals surface area contributed by atoms with Crippen LogP contribution in [-0.4, -0.2) is 14.8 Å². The van der Waals surface area contributed by atoms with Gasteiger partial charge in [0, 0.05) is 31.4 Å². The van der Waals surface area contributed by atoms with Gasteiger partial charge in [0.05, 0.1) is 12.4 Å². The van der Waals surface area contributed by atoms with Gasteiger partial charge < -0.3 is 4.57 Å². The number of aryl methyl sites for hydroxylation is 1. The van der Waals surface area contributed by atoms with Crippen molar-refractivity contribution in [3.05, 3.63) is 94.8 Å². The van der Waals surface area contributed by atoms with Crippen LogP contribution in [0.2, 0.25) is 0 Å². The van der Waals surface area contributed by atoms with Crippen LogP contribution in [0.25, 0.3) is 33.3 Å². The first-order valence-corrected chi connectivity index (χ1v) is 11.0. The molecule has 0 unspecified atom stereocenters. The van der Waals surface area contributed by atoms with Crippen LogP contribution in [0.3, 0.4) is 0 Å². The molecule has 0 saturated carbocycles. The van der Waals surface area contributed by atoms with Crippen molar-refractivity contribution in [2.24, 2.45) is 0 Å². The van der Waals surface area contributed by atoms with Crippen molar-refractivity contribution in [1.82, 2.24) is 14.8 Å². The summed E-state index contributed by atoms with van der Waals surface area (Å²) in [6, 6.07) is 23.4. The first kappa shape index (κ1) is 24.6. The molecule has 0 atom stereocenters. The molecule has 0 fully saturated rings. The van der Waals surface area contributed by atoms with Crippen LogP contribution in [0.15, 0.2) is 60.7 Å². The van der Waals surface area contributed by atoms with Crippen LogP contribution < -0.4 is 0 Å². The molecule has 4 nitrogen and oxygen atoms in total. The van der Waals surface area contributed by atoms with E-state index in [1.54, 1.807) is 0 Å². The van der Waals surface area contributed by atoms with Gasteiger partial charge in [0.15, 0.2) is 11.5 Å². The molecule has 0 amide bonds. The zero-order valence-corrected chi connectivity index (χ0v) is 21.9. The Balaban J connectivity index is 0.00000306. The summed E-state index contributed by atoms with van der Waals surface area (Å²) >= 11 is 0. The van der Waals surface area contributed by atoms with Crippen molar-refractivity contribution in [3.63, 3.8) is 0 Å². The van der Waals surface area contributed by atoms with Gasteiger partial charge in [-0.25, -0.2) is 4.85 Å². The average Bonchev–Trinajstić information content (AvgIpc) is 3.23. The number of hydrogen-bond acceptors (Lipinski definition) is 2. The minimum Gasteiger partial charge on any atom is -0.316 e. The van der Waals surface area contributed by atoms with E-state index in [1.807, 2.05) is 49.4 Å². The van der Waals surface area contributed by atoms with E-state index in [4.69, 9.17) is 6.57 Å². The number of aromatic nitrogens is 3. The summed E-state index contributed by atoms with van der Waals surface area (Å²) in [5.74, 6) is 2.14. The molecule has 0 aliphatic carbocycles. The third kappa shape index (κ3) is 4.69. The molecule has 3 aromatic carbocycles. The SMILES string of the molecule is [C-]#[N+]c1ccc(C)c(-c2nnc(-c3[c-]cccc3)n2-c2c(C(C)C)cccc2C(C)C)c1.[Ir]. The third-order valence-corrected chi connectivity index (χ3v) is 5.77. The average molecular weight is 612 g/mol. The molecule has 0 aliphatic heterocycles. The largest absolute Gasteiger partial charge is 0.316 e. The topological polar surface area (TPSA) is 35.1 Å². The van der Waals surface area contributed by atoms with Gasteiger partial charge >= 0.3 is 0 Å². The van der Waals surface area contributed by atoms with Crippen LogP contribution in [0.5, 0.6) is 0 Å². The van der Waals surface area contributed by atoms with E-state index in [9.17, 15) is 0 Å². The number of rotatable bonds is 5. The Morgan fingerprint density at radius 3 is 2.12 bits per heavy atom. The van der Waals surface area contributed by atoms with Crippen LogP contribution in [0.1, 0.15) is 56.2 Å². The Kier molecular flexibility index (Phi) is 7.64. The zero-order valence-electron chi connectivity index (χ0n) is 19.6. The third-order valence-electron chi connectivity index (χ3n) is 5.77. The molecule has 1 radical (unpaired) electrons. The Morgan fingerprint density at radius 2 is 1.55 bits per heavy atom. The molecular formula is C28H27IrN4-. The van der Waals surface area contributed by atoms with Gasteiger partial charge in [-0.3, -0.25) is 0 Å². The standard InChI is InChI=1S/C28H27N4.Ir/c1-18(2)23-13-10-14-24(19(3)4)26(23)32-27(21-11-8-7-9-12-21)30-31-28(32)25-17-22(29-6)16-15-20(25)5;/h7-11,13-19H,1-5H3;/q-1;. The summed E-state index contributed by atoms with van der Waals surface area (Å²) in [4.78, 5) is 3.64. The normalized spacial score (nSPS) is 10.8. The van der Waals surface area contributed by atoms with Gasteiger partial charge in [-0.15, -0.1) is 41.0 Å². The Morgan fingerprint density at radius 1 is 0.879 bits per heavy atom. The van der Waals surface area contributed by atoms with Gasteiger partial charge in [-0.2, -0.15) is 5.10 Å². The molecule has 0 N–H and O–H groups in total. The van der Waals surface area contributed by atoms with Crippen molar-refractivity contribution in [1.29, 1.82) is 0 Å². The maximum absolute atomic E-state index is 7.49. The van der Waals surface area contributed by atoms with Gasteiger partial charge in [0.25, 0.3) is 0 Å². The summed E-state index contributed by atoms with van der Waals surface area (Å²) < 4.78 is 2.17. The van der Waals surface area contributed by atoms with E-state index in [2.05, 4.69) is 71.6 Å². The van der Waals surface area contributed by atoms with E-state index < -0.39 is 0 Å². The summed E-state index contributed by atoms with van der Waals surface area (Å²) in [7, 11) is 0. The number of hydrogen-bond donors (Lipinski definition) is 0. The van der Waals surface area contributed by atoms with Crippen molar-refractivity contribution in [2.45, 2.75) is 46.5 Å². The van der Waals surface area contributed by atoms with E-state index in [-0.39, 0.29) is 20.1 Å². The molecule has 4 aromatic rings. The minimum absolute atomic E-state index is 0. The molecule has 33 heavy (non-hydrogen) atoms.